The third kappa shape index (κ3) is 5.72. The summed E-state index contributed by atoms with van der Waals surface area (Å²) in [6.45, 7) is 8.59. The molecule has 1 unspecified atom stereocenters. The van der Waals surface area contributed by atoms with E-state index in [1.54, 1.807) is 0 Å². The molecule has 1 rings (SSSR count). The molecule has 0 radical (unpaired) electrons. The maximum atomic E-state index is 9.60. The van der Waals surface area contributed by atoms with Gasteiger partial charge in [0, 0.05) is 18.7 Å². The second kappa shape index (κ2) is 6.56. The minimum Gasteiger partial charge on any atom is -0.478 e. The average Bonchev–Trinajstić information content (AvgIpc) is 2.56. The van der Waals surface area contributed by atoms with Crippen LogP contribution in [0.1, 0.15) is 26.7 Å². The smallest absolute Gasteiger partial charge is 0.330 e. The van der Waals surface area contributed by atoms with Gasteiger partial charge in [-0.25, -0.2) is 4.79 Å². The van der Waals surface area contributed by atoms with E-state index in [1.165, 1.54) is 19.8 Å². The first-order valence-corrected chi connectivity index (χ1v) is 4.76. The van der Waals surface area contributed by atoms with E-state index >= 15 is 0 Å². The number of likely N-dealkylation sites (tertiary alicyclic amines) is 1. The van der Waals surface area contributed by atoms with Gasteiger partial charge in [-0.1, -0.05) is 6.58 Å². The van der Waals surface area contributed by atoms with Crippen LogP contribution in [0.4, 0.5) is 0 Å². The Labute approximate surface area is 84.8 Å². The van der Waals surface area contributed by atoms with E-state index in [-0.39, 0.29) is 11.8 Å². The molecule has 0 amide bonds. The molecule has 0 bridgehead atoms. The molecule has 0 spiro atoms. The number of carboxylic acids is 1. The van der Waals surface area contributed by atoms with Crippen molar-refractivity contribution in [3.8, 4) is 0 Å². The van der Waals surface area contributed by atoms with E-state index in [1.807, 2.05) is 6.92 Å². The van der Waals surface area contributed by atoms with Gasteiger partial charge in [0.2, 0.25) is 0 Å². The second-order valence-corrected chi connectivity index (χ2v) is 3.46. The van der Waals surface area contributed by atoms with Gasteiger partial charge < -0.3 is 10.2 Å². The summed E-state index contributed by atoms with van der Waals surface area (Å²) in [5, 5.41) is 16.9. The third-order valence-electron chi connectivity index (χ3n) is 2.03. The maximum absolute atomic E-state index is 9.60. The highest BCUT2D eigenvalue weighted by atomic mass is 16.4. The van der Waals surface area contributed by atoms with Crippen LogP contribution in [0.15, 0.2) is 12.2 Å². The zero-order valence-electron chi connectivity index (χ0n) is 8.86. The quantitative estimate of drug-likeness (QED) is 0.656. The number of carboxylic acid groups (broad SMARTS) is 1. The first-order valence-electron chi connectivity index (χ1n) is 4.76. The standard InChI is InChI=1S/C6H13NO.C4H6O2/c1-6(8)7-4-2-3-5-7;1-3(2)4(5)6/h6,8H,2-5H2,1H3;1H2,2H3,(H,5,6). The largest absolute Gasteiger partial charge is 0.478 e. The topological polar surface area (TPSA) is 60.8 Å². The van der Waals surface area contributed by atoms with Crippen LogP contribution in [0.25, 0.3) is 0 Å². The van der Waals surface area contributed by atoms with Gasteiger partial charge in [-0.2, -0.15) is 0 Å². The van der Waals surface area contributed by atoms with E-state index in [4.69, 9.17) is 10.2 Å². The van der Waals surface area contributed by atoms with Crippen LogP contribution in [-0.2, 0) is 4.79 Å². The van der Waals surface area contributed by atoms with Crippen LogP contribution in [0.2, 0.25) is 0 Å². The number of carbonyl (C=O) groups is 1. The zero-order chi connectivity index (χ0) is 11.1. The molecule has 0 saturated carbocycles. The van der Waals surface area contributed by atoms with E-state index < -0.39 is 5.97 Å². The fourth-order valence-corrected chi connectivity index (χ4v) is 1.12. The molecule has 1 heterocycles. The van der Waals surface area contributed by atoms with Gasteiger partial charge in [-0.3, -0.25) is 4.90 Å². The molecular weight excluding hydrogens is 182 g/mol. The lowest BCUT2D eigenvalue weighted by molar-refractivity contribution is -0.132. The lowest BCUT2D eigenvalue weighted by Crippen LogP contribution is -2.29. The molecule has 1 aliphatic heterocycles. The molecule has 1 fully saturated rings. The second-order valence-electron chi connectivity index (χ2n) is 3.46. The number of nitrogens with zero attached hydrogens (tertiary/aromatic N) is 1. The molecule has 0 aromatic heterocycles. The highest BCUT2D eigenvalue weighted by molar-refractivity contribution is 5.84. The van der Waals surface area contributed by atoms with Gasteiger partial charge in [-0.15, -0.1) is 0 Å². The minimum atomic E-state index is -0.935. The van der Waals surface area contributed by atoms with Crippen molar-refractivity contribution in [2.45, 2.75) is 32.9 Å². The van der Waals surface area contributed by atoms with Gasteiger partial charge >= 0.3 is 5.97 Å². The lowest BCUT2D eigenvalue weighted by Gasteiger charge is -2.16. The molecule has 2 N–H and O–H groups in total. The van der Waals surface area contributed by atoms with Crippen LogP contribution < -0.4 is 0 Å². The van der Waals surface area contributed by atoms with Crippen molar-refractivity contribution >= 4 is 5.97 Å². The summed E-state index contributed by atoms with van der Waals surface area (Å²) in [6, 6.07) is 0. The van der Waals surface area contributed by atoms with Gasteiger partial charge in [0.05, 0.1) is 0 Å². The SMILES string of the molecule is C=C(C)C(=O)O.CC(O)N1CCCC1. The maximum Gasteiger partial charge on any atom is 0.330 e. The summed E-state index contributed by atoms with van der Waals surface area (Å²) < 4.78 is 0. The molecule has 1 aliphatic rings. The van der Waals surface area contributed by atoms with E-state index in [0.717, 1.165) is 13.1 Å². The van der Waals surface area contributed by atoms with Crippen molar-refractivity contribution in [3.05, 3.63) is 12.2 Å². The summed E-state index contributed by atoms with van der Waals surface area (Å²) in [5.74, 6) is -0.935. The molecule has 82 valence electrons. The number of aliphatic hydroxyl groups excluding tert-OH is 1. The zero-order valence-corrected chi connectivity index (χ0v) is 8.86. The van der Waals surface area contributed by atoms with Crippen LogP contribution in [-0.4, -0.2) is 40.4 Å². The predicted octanol–water partition coefficient (Wildman–Crippen LogP) is 1.07. The van der Waals surface area contributed by atoms with E-state index in [9.17, 15) is 4.79 Å². The highest BCUT2D eigenvalue weighted by Gasteiger charge is 2.14. The summed E-state index contributed by atoms with van der Waals surface area (Å²) in [6.07, 6.45) is 2.29. The van der Waals surface area contributed by atoms with Crippen molar-refractivity contribution in [3.63, 3.8) is 0 Å². The normalized spacial score (nSPS) is 18.2. The van der Waals surface area contributed by atoms with Gasteiger partial charge in [0.25, 0.3) is 0 Å². The Bertz CT molecular complexity index is 184. The molecule has 0 aromatic rings. The van der Waals surface area contributed by atoms with Crippen LogP contribution >= 0.6 is 0 Å². The molecule has 4 nitrogen and oxygen atoms in total. The molecule has 14 heavy (non-hydrogen) atoms. The Balaban J connectivity index is 0.000000255. The monoisotopic (exact) mass is 201 g/mol. The van der Waals surface area contributed by atoms with Crippen molar-refractivity contribution in [2.24, 2.45) is 0 Å². The predicted molar refractivity (Wildman–Crippen MR) is 54.9 cm³/mol. The highest BCUT2D eigenvalue weighted by Crippen LogP contribution is 2.08. The van der Waals surface area contributed by atoms with Crippen molar-refractivity contribution in [1.82, 2.24) is 4.90 Å². The van der Waals surface area contributed by atoms with E-state index in [0.29, 0.717) is 0 Å². The summed E-state index contributed by atoms with van der Waals surface area (Å²) in [7, 11) is 0. The summed E-state index contributed by atoms with van der Waals surface area (Å²) in [5.41, 5.74) is 0.176. The van der Waals surface area contributed by atoms with Crippen molar-refractivity contribution in [2.75, 3.05) is 13.1 Å². The average molecular weight is 201 g/mol. The molecule has 1 atom stereocenters. The lowest BCUT2D eigenvalue weighted by atomic mass is 10.4. The molecule has 0 aromatic carbocycles. The molecule has 0 aliphatic carbocycles. The van der Waals surface area contributed by atoms with Crippen molar-refractivity contribution < 1.29 is 15.0 Å². The summed E-state index contributed by atoms with van der Waals surface area (Å²) in [4.78, 5) is 11.7. The van der Waals surface area contributed by atoms with Gasteiger partial charge in [0.1, 0.15) is 6.23 Å². The number of rotatable bonds is 2. The van der Waals surface area contributed by atoms with Crippen LogP contribution in [0.3, 0.4) is 0 Å². The van der Waals surface area contributed by atoms with Gasteiger partial charge in [0.15, 0.2) is 0 Å². The van der Waals surface area contributed by atoms with Gasteiger partial charge in [-0.05, 0) is 26.7 Å². The molecule has 1 saturated heterocycles. The Morgan fingerprint density at radius 2 is 1.79 bits per heavy atom. The number of aliphatic hydroxyl groups is 1. The fraction of sp³-hybridized carbons (Fsp3) is 0.700. The minimum absolute atomic E-state index is 0.176. The molecular formula is C10H19NO3. The number of hydrogen-bond acceptors (Lipinski definition) is 3. The third-order valence-corrected chi connectivity index (χ3v) is 2.03. The van der Waals surface area contributed by atoms with Crippen LogP contribution in [0, 0.1) is 0 Å². The number of aliphatic carboxylic acids is 1. The first-order chi connectivity index (χ1) is 6.45. The van der Waals surface area contributed by atoms with Crippen LogP contribution in [0.5, 0.6) is 0 Å². The Morgan fingerprint density at radius 3 is 1.93 bits per heavy atom. The summed E-state index contributed by atoms with van der Waals surface area (Å²) >= 11 is 0. The first kappa shape index (κ1) is 13.1. The Kier molecular flexibility index (Phi) is 6.16. The fourth-order valence-electron chi connectivity index (χ4n) is 1.12. The van der Waals surface area contributed by atoms with Crippen molar-refractivity contribution in [1.29, 1.82) is 0 Å². The Morgan fingerprint density at radius 1 is 1.43 bits per heavy atom. The van der Waals surface area contributed by atoms with E-state index in [2.05, 4.69) is 11.5 Å². The number of hydrogen-bond donors (Lipinski definition) is 2. The molecule has 4 heteroatoms. The Hall–Kier alpha value is -0.870.